The topological polar surface area (TPSA) is 63.2 Å². The molecule has 1 amide bonds. The molecular weight excluding hydrogens is 378 g/mol. The van der Waals surface area contributed by atoms with Gasteiger partial charge in [-0.2, -0.15) is 0 Å². The summed E-state index contributed by atoms with van der Waals surface area (Å²) in [6, 6.07) is 14.9. The van der Waals surface area contributed by atoms with Gasteiger partial charge in [-0.05, 0) is 37.1 Å². The maximum Gasteiger partial charge on any atom is 0.225 e. The fourth-order valence-corrected chi connectivity index (χ4v) is 6.48. The summed E-state index contributed by atoms with van der Waals surface area (Å²) in [5, 5.41) is 4.46. The Balaban J connectivity index is 1.85. The third-order valence-electron chi connectivity index (χ3n) is 4.79. The standard InChI is InChI=1S/C21H19NO3S2/c1-13-5-3-7-15(9-13)17-11-19(23)22-20-18(12-26-21(17)20)27(24,25)16-8-4-6-14(2)10-16/h3-10,12,17H,11H2,1-2H3,(H,22,23)/t17-/m1/s1. The van der Waals surface area contributed by atoms with Gasteiger partial charge >= 0.3 is 0 Å². The van der Waals surface area contributed by atoms with E-state index in [9.17, 15) is 13.2 Å². The third kappa shape index (κ3) is 3.19. The zero-order valence-corrected chi connectivity index (χ0v) is 16.7. The number of carbonyl (C=O) groups is 1. The van der Waals surface area contributed by atoms with Gasteiger partial charge in [-0.3, -0.25) is 4.79 Å². The second-order valence-corrected chi connectivity index (χ2v) is 9.71. The van der Waals surface area contributed by atoms with Crippen LogP contribution in [0.4, 0.5) is 5.69 Å². The van der Waals surface area contributed by atoms with Crippen molar-refractivity contribution in [2.75, 3.05) is 5.32 Å². The smallest absolute Gasteiger partial charge is 0.225 e. The summed E-state index contributed by atoms with van der Waals surface area (Å²) >= 11 is 1.39. The first kappa shape index (κ1) is 17.9. The van der Waals surface area contributed by atoms with E-state index in [1.165, 1.54) is 11.3 Å². The number of aryl methyl sites for hydroxylation is 2. The molecule has 1 aliphatic rings. The number of hydrogen-bond donors (Lipinski definition) is 1. The van der Waals surface area contributed by atoms with Crippen molar-refractivity contribution >= 4 is 32.8 Å². The van der Waals surface area contributed by atoms with Crippen LogP contribution in [0.15, 0.2) is 63.7 Å². The first-order chi connectivity index (χ1) is 12.9. The van der Waals surface area contributed by atoms with Crippen LogP contribution < -0.4 is 5.32 Å². The number of benzene rings is 2. The van der Waals surface area contributed by atoms with Crippen LogP contribution in [0, 0.1) is 13.8 Å². The summed E-state index contributed by atoms with van der Waals surface area (Å²) in [6.07, 6.45) is 0.320. The summed E-state index contributed by atoms with van der Waals surface area (Å²) in [5.41, 5.74) is 3.46. The highest BCUT2D eigenvalue weighted by Gasteiger charge is 2.34. The van der Waals surface area contributed by atoms with Crippen LogP contribution in [0.3, 0.4) is 0 Å². The Hall–Kier alpha value is -2.44. The van der Waals surface area contributed by atoms with Crippen molar-refractivity contribution in [3.05, 3.63) is 75.5 Å². The zero-order chi connectivity index (χ0) is 19.2. The molecule has 0 saturated heterocycles. The fraction of sp³-hybridized carbons (Fsp3) is 0.190. The highest BCUT2D eigenvalue weighted by atomic mass is 32.2. The summed E-state index contributed by atoms with van der Waals surface area (Å²) in [7, 11) is -3.70. The Morgan fingerprint density at radius 1 is 1.04 bits per heavy atom. The highest BCUT2D eigenvalue weighted by Crippen LogP contribution is 2.45. The molecule has 0 fully saturated rings. The van der Waals surface area contributed by atoms with Crippen LogP contribution in [0.1, 0.15) is 33.9 Å². The van der Waals surface area contributed by atoms with Crippen molar-refractivity contribution in [1.29, 1.82) is 0 Å². The highest BCUT2D eigenvalue weighted by molar-refractivity contribution is 7.91. The number of hydrogen-bond acceptors (Lipinski definition) is 4. The van der Waals surface area contributed by atoms with Gasteiger partial charge in [-0.15, -0.1) is 11.3 Å². The lowest BCUT2D eigenvalue weighted by atomic mass is 9.90. The van der Waals surface area contributed by atoms with Gasteiger partial charge in [0.05, 0.1) is 10.6 Å². The Morgan fingerprint density at radius 2 is 1.74 bits per heavy atom. The summed E-state index contributed by atoms with van der Waals surface area (Å²) in [5.74, 6) is -0.284. The number of anilines is 1. The van der Waals surface area contributed by atoms with Gasteiger partial charge in [0, 0.05) is 22.6 Å². The summed E-state index contributed by atoms with van der Waals surface area (Å²) in [4.78, 5) is 13.7. The van der Waals surface area contributed by atoms with Gasteiger partial charge in [-0.1, -0.05) is 42.0 Å². The van der Waals surface area contributed by atoms with E-state index in [1.807, 2.05) is 38.1 Å². The van der Waals surface area contributed by atoms with Crippen LogP contribution >= 0.6 is 11.3 Å². The van der Waals surface area contributed by atoms with E-state index in [-0.39, 0.29) is 21.6 Å². The molecule has 4 rings (SSSR count). The Labute approximate surface area is 162 Å². The number of sulfone groups is 1. The predicted octanol–water partition coefficient (Wildman–Crippen LogP) is 4.67. The number of amides is 1. The molecule has 2 heterocycles. The molecule has 0 bridgehead atoms. The van der Waals surface area contributed by atoms with Gasteiger partial charge in [0.25, 0.3) is 0 Å². The van der Waals surface area contributed by atoms with Crippen molar-refractivity contribution < 1.29 is 13.2 Å². The van der Waals surface area contributed by atoms with Crippen LogP contribution in [0.5, 0.6) is 0 Å². The van der Waals surface area contributed by atoms with Gasteiger partial charge in [0.1, 0.15) is 4.90 Å². The average Bonchev–Trinajstić information content (AvgIpc) is 3.05. The van der Waals surface area contributed by atoms with Gasteiger partial charge in [-0.25, -0.2) is 8.42 Å². The molecule has 1 atom stereocenters. The normalized spacial score (nSPS) is 16.7. The Morgan fingerprint density at radius 3 is 2.44 bits per heavy atom. The van der Waals surface area contributed by atoms with Crippen molar-refractivity contribution in [1.82, 2.24) is 0 Å². The molecule has 0 aliphatic carbocycles. The molecule has 0 spiro atoms. The van der Waals surface area contributed by atoms with Crippen LogP contribution in [-0.2, 0) is 14.6 Å². The maximum absolute atomic E-state index is 13.2. The maximum atomic E-state index is 13.2. The molecular formula is C21H19NO3S2. The van der Waals surface area contributed by atoms with Crippen molar-refractivity contribution in [3.63, 3.8) is 0 Å². The first-order valence-electron chi connectivity index (χ1n) is 8.66. The molecule has 1 aromatic heterocycles. The Bertz CT molecular complexity index is 1150. The second-order valence-electron chi connectivity index (χ2n) is 6.88. The Kier molecular flexibility index (Phi) is 4.40. The molecule has 27 heavy (non-hydrogen) atoms. The third-order valence-corrected chi connectivity index (χ3v) is 7.81. The minimum absolute atomic E-state index is 0.125. The van der Waals surface area contributed by atoms with Crippen molar-refractivity contribution in [2.24, 2.45) is 0 Å². The molecule has 2 aromatic carbocycles. The van der Waals surface area contributed by atoms with Crippen LogP contribution in [-0.4, -0.2) is 14.3 Å². The molecule has 1 aliphatic heterocycles. The van der Waals surface area contributed by atoms with Crippen molar-refractivity contribution in [2.45, 2.75) is 36.0 Å². The van der Waals surface area contributed by atoms with Crippen LogP contribution in [0.25, 0.3) is 0 Å². The van der Waals surface area contributed by atoms with E-state index >= 15 is 0 Å². The molecule has 0 unspecified atom stereocenters. The molecule has 138 valence electrons. The summed E-state index contributed by atoms with van der Waals surface area (Å²) in [6.45, 7) is 3.87. The fourth-order valence-electron chi connectivity index (χ4n) is 3.47. The van der Waals surface area contributed by atoms with Crippen LogP contribution in [0.2, 0.25) is 0 Å². The van der Waals surface area contributed by atoms with E-state index in [4.69, 9.17) is 0 Å². The van der Waals surface area contributed by atoms with E-state index in [0.29, 0.717) is 12.1 Å². The molecule has 4 nitrogen and oxygen atoms in total. The molecule has 3 aromatic rings. The van der Waals surface area contributed by atoms with Gasteiger partial charge in [0.15, 0.2) is 0 Å². The second kappa shape index (κ2) is 6.62. The number of rotatable bonds is 3. The zero-order valence-electron chi connectivity index (χ0n) is 15.0. The number of carbonyl (C=O) groups excluding carboxylic acids is 1. The minimum Gasteiger partial charge on any atom is -0.324 e. The lowest BCUT2D eigenvalue weighted by molar-refractivity contribution is -0.116. The number of thiophene rings is 1. The SMILES string of the molecule is Cc1cccc([C@H]2CC(=O)Nc3c(S(=O)(=O)c4cccc(C)c4)csc32)c1. The number of nitrogens with one attached hydrogen (secondary N) is 1. The monoisotopic (exact) mass is 397 g/mol. The van der Waals surface area contributed by atoms with E-state index < -0.39 is 9.84 Å². The van der Waals surface area contributed by atoms with Crippen molar-refractivity contribution in [3.8, 4) is 0 Å². The summed E-state index contributed by atoms with van der Waals surface area (Å²) < 4.78 is 26.4. The largest absolute Gasteiger partial charge is 0.324 e. The molecule has 6 heteroatoms. The first-order valence-corrected chi connectivity index (χ1v) is 11.0. The van der Waals surface area contributed by atoms with Gasteiger partial charge < -0.3 is 5.32 Å². The number of fused-ring (bicyclic) bond motifs is 1. The van der Waals surface area contributed by atoms with E-state index in [0.717, 1.165) is 21.6 Å². The van der Waals surface area contributed by atoms with Gasteiger partial charge in [0.2, 0.25) is 15.7 Å². The lowest BCUT2D eigenvalue weighted by Crippen LogP contribution is -2.23. The van der Waals surface area contributed by atoms with E-state index in [2.05, 4.69) is 11.4 Å². The minimum atomic E-state index is -3.70. The quantitative estimate of drug-likeness (QED) is 0.698. The van der Waals surface area contributed by atoms with E-state index in [1.54, 1.807) is 23.6 Å². The predicted molar refractivity (Wildman–Crippen MR) is 107 cm³/mol. The molecule has 0 radical (unpaired) electrons. The average molecular weight is 398 g/mol. The molecule has 0 saturated carbocycles. The molecule has 1 N–H and O–H groups in total. The lowest BCUT2D eigenvalue weighted by Gasteiger charge is -2.24.